The van der Waals surface area contributed by atoms with E-state index in [1.165, 1.54) is 76.9 Å². The summed E-state index contributed by atoms with van der Waals surface area (Å²) < 4.78 is 4.88. The summed E-state index contributed by atoms with van der Waals surface area (Å²) >= 11 is 0. The minimum absolute atomic E-state index is 0.110. The van der Waals surface area contributed by atoms with Crippen LogP contribution in [0.5, 0.6) is 0 Å². The van der Waals surface area contributed by atoms with Crippen LogP contribution in [-0.2, 0) is 9.53 Å². The molecule has 23 heavy (non-hydrogen) atoms. The Labute approximate surface area is 144 Å². The highest BCUT2D eigenvalue weighted by atomic mass is 16.5. The fraction of sp³-hybridized carbons (Fsp3) is 0.762. The van der Waals surface area contributed by atoms with E-state index in [1.807, 2.05) is 6.92 Å². The van der Waals surface area contributed by atoms with Gasteiger partial charge in [0.25, 0.3) is 0 Å². The van der Waals surface area contributed by atoms with Gasteiger partial charge in [-0.05, 0) is 39.0 Å². The summed E-state index contributed by atoms with van der Waals surface area (Å²) in [6.07, 6.45) is 25.0. The Kier molecular flexibility index (Phi) is 18.1. The lowest BCUT2D eigenvalue weighted by Gasteiger charge is -2.00. The number of hydrogen-bond acceptors (Lipinski definition) is 2. The first kappa shape index (κ1) is 21.9. The van der Waals surface area contributed by atoms with Crippen molar-refractivity contribution in [2.45, 2.75) is 104 Å². The Morgan fingerprint density at radius 2 is 1.30 bits per heavy atom. The summed E-state index contributed by atoms with van der Waals surface area (Å²) in [4.78, 5) is 11.3. The molecule has 0 amide bonds. The molecule has 2 heteroatoms. The zero-order chi connectivity index (χ0) is 17.0. The van der Waals surface area contributed by atoms with Crippen molar-refractivity contribution in [3.8, 4) is 0 Å². The highest BCUT2D eigenvalue weighted by molar-refractivity contribution is 5.69. The first-order chi connectivity index (χ1) is 11.3. The molecule has 0 atom stereocenters. The third kappa shape index (κ3) is 18.9. The number of hydrogen-bond donors (Lipinski definition) is 0. The largest absolute Gasteiger partial charge is 0.435 e. The lowest BCUT2D eigenvalue weighted by atomic mass is 10.1. The van der Waals surface area contributed by atoms with Gasteiger partial charge in [0.2, 0.25) is 0 Å². The van der Waals surface area contributed by atoms with Gasteiger partial charge in [-0.1, -0.05) is 76.5 Å². The minimum Gasteiger partial charge on any atom is -0.435 e. The van der Waals surface area contributed by atoms with Crippen LogP contribution in [0.15, 0.2) is 24.5 Å². The maximum atomic E-state index is 11.3. The van der Waals surface area contributed by atoms with Gasteiger partial charge in [-0.2, -0.15) is 0 Å². The van der Waals surface area contributed by atoms with Crippen molar-refractivity contribution in [1.29, 1.82) is 0 Å². The number of esters is 1. The third-order valence-electron chi connectivity index (χ3n) is 3.98. The number of carbonyl (C=O) groups is 1. The highest BCUT2D eigenvalue weighted by Crippen LogP contribution is 2.10. The van der Waals surface area contributed by atoms with Gasteiger partial charge in [-0.15, -0.1) is 0 Å². The Hall–Kier alpha value is -1.05. The maximum Gasteiger partial charge on any atom is 0.310 e. The number of carbonyl (C=O) groups excluding carboxylic acids is 1. The van der Waals surface area contributed by atoms with Gasteiger partial charge in [-0.3, -0.25) is 4.79 Å². The lowest BCUT2D eigenvalue weighted by Crippen LogP contribution is -1.98. The first-order valence-electron chi connectivity index (χ1n) is 9.77. The summed E-state index contributed by atoms with van der Waals surface area (Å²) in [5, 5.41) is 0. The van der Waals surface area contributed by atoms with Crippen LogP contribution in [-0.4, -0.2) is 5.97 Å². The van der Waals surface area contributed by atoms with Crippen LogP contribution >= 0.6 is 0 Å². The molecule has 0 heterocycles. The molecule has 0 aromatic heterocycles. The molecule has 0 aliphatic carbocycles. The van der Waals surface area contributed by atoms with E-state index >= 15 is 0 Å². The fourth-order valence-corrected chi connectivity index (χ4v) is 2.54. The van der Waals surface area contributed by atoms with Crippen molar-refractivity contribution in [3.05, 3.63) is 24.5 Å². The SMILES string of the molecule is CC=COC(=O)CCCCCCCC=CCCCCCCCC. The van der Waals surface area contributed by atoms with Crippen LogP contribution in [0, 0.1) is 0 Å². The maximum absolute atomic E-state index is 11.3. The Balaban J connectivity index is 3.17. The van der Waals surface area contributed by atoms with Crippen LogP contribution in [0.3, 0.4) is 0 Å². The Morgan fingerprint density at radius 1 is 0.783 bits per heavy atom. The molecular weight excluding hydrogens is 284 g/mol. The van der Waals surface area contributed by atoms with E-state index in [0.717, 1.165) is 12.8 Å². The van der Waals surface area contributed by atoms with Crippen molar-refractivity contribution >= 4 is 5.97 Å². The van der Waals surface area contributed by atoms with Crippen molar-refractivity contribution in [2.24, 2.45) is 0 Å². The van der Waals surface area contributed by atoms with Gasteiger partial charge >= 0.3 is 5.97 Å². The predicted octanol–water partition coefficient (Wildman–Crippen LogP) is 7.10. The molecule has 0 unspecified atom stereocenters. The van der Waals surface area contributed by atoms with Crippen molar-refractivity contribution < 1.29 is 9.53 Å². The first-order valence-corrected chi connectivity index (χ1v) is 9.77. The van der Waals surface area contributed by atoms with Gasteiger partial charge in [0.05, 0.1) is 6.26 Å². The van der Waals surface area contributed by atoms with Crippen LogP contribution in [0.2, 0.25) is 0 Å². The molecule has 0 aromatic carbocycles. The predicted molar refractivity (Wildman–Crippen MR) is 100 cm³/mol. The average Bonchev–Trinajstić information content (AvgIpc) is 2.56. The van der Waals surface area contributed by atoms with E-state index in [-0.39, 0.29) is 5.97 Å². The van der Waals surface area contributed by atoms with E-state index in [2.05, 4.69) is 19.1 Å². The third-order valence-corrected chi connectivity index (χ3v) is 3.98. The zero-order valence-electron chi connectivity index (χ0n) is 15.5. The molecule has 134 valence electrons. The molecule has 0 radical (unpaired) electrons. The zero-order valence-corrected chi connectivity index (χ0v) is 15.5. The molecule has 0 fully saturated rings. The molecule has 0 N–H and O–H groups in total. The molecule has 0 saturated carbocycles. The fourth-order valence-electron chi connectivity index (χ4n) is 2.54. The molecule has 0 aromatic rings. The van der Waals surface area contributed by atoms with Crippen LogP contribution in [0.1, 0.15) is 104 Å². The second-order valence-electron chi connectivity index (χ2n) is 6.29. The van der Waals surface area contributed by atoms with Crippen molar-refractivity contribution in [3.63, 3.8) is 0 Å². The molecule has 0 aliphatic heterocycles. The Morgan fingerprint density at radius 3 is 1.87 bits per heavy atom. The van der Waals surface area contributed by atoms with Crippen LogP contribution in [0.4, 0.5) is 0 Å². The lowest BCUT2D eigenvalue weighted by molar-refractivity contribution is -0.138. The summed E-state index contributed by atoms with van der Waals surface area (Å²) in [7, 11) is 0. The smallest absolute Gasteiger partial charge is 0.310 e. The molecular formula is C21H38O2. The summed E-state index contributed by atoms with van der Waals surface area (Å²) in [6.45, 7) is 4.11. The van der Waals surface area contributed by atoms with E-state index in [9.17, 15) is 4.79 Å². The molecule has 0 rings (SSSR count). The van der Waals surface area contributed by atoms with Gasteiger partial charge in [-0.25, -0.2) is 0 Å². The van der Waals surface area contributed by atoms with Gasteiger partial charge < -0.3 is 4.74 Å². The van der Waals surface area contributed by atoms with Crippen LogP contribution in [0.25, 0.3) is 0 Å². The van der Waals surface area contributed by atoms with Crippen molar-refractivity contribution in [1.82, 2.24) is 0 Å². The summed E-state index contributed by atoms with van der Waals surface area (Å²) in [6, 6.07) is 0. The van der Waals surface area contributed by atoms with E-state index in [0.29, 0.717) is 6.42 Å². The molecule has 0 bridgehead atoms. The number of unbranched alkanes of at least 4 members (excludes halogenated alkanes) is 11. The number of ether oxygens (including phenoxy) is 1. The van der Waals surface area contributed by atoms with Crippen LogP contribution < -0.4 is 0 Å². The van der Waals surface area contributed by atoms with Gasteiger partial charge in [0.1, 0.15) is 0 Å². The van der Waals surface area contributed by atoms with E-state index in [4.69, 9.17) is 4.74 Å². The van der Waals surface area contributed by atoms with Crippen molar-refractivity contribution in [2.75, 3.05) is 0 Å². The molecule has 0 spiro atoms. The standard InChI is InChI=1S/C21H38O2/c1-3-5-6-7-8-9-10-11-12-13-14-15-16-17-18-19-21(22)23-20-4-2/h4,11-12,20H,3,5-10,13-19H2,1-2H3. The van der Waals surface area contributed by atoms with E-state index in [1.54, 1.807) is 6.08 Å². The minimum atomic E-state index is -0.110. The topological polar surface area (TPSA) is 26.3 Å². The molecule has 0 saturated heterocycles. The van der Waals surface area contributed by atoms with Gasteiger partial charge in [0.15, 0.2) is 0 Å². The number of allylic oxidation sites excluding steroid dienone is 3. The normalized spacial score (nSPS) is 11.6. The quantitative estimate of drug-likeness (QED) is 0.131. The number of rotatable bonds is 16. The second-order valence-corrected chi connectivity index (χ2v) is 6.29. The van der Waals surface area contributed by atoms with E-state index < -0.39 is 0 Å². The average molecular weight is 323 g/mol. The highest BCUT2D eigenvalue weighted by Gasteiger charge is 1.99. The molecule has 0 aliphatic rings. The van der Waals surface area contributed by atoms with Gasteiger partial charge in [0, 0.05) is 6.42 Å². The second kappa shape index (κ2) is 19.0. The monoisotopic (exact) mass is 322 g/mol. The summed E-state index contributed by atoms with van der Waals surface area (Å²) in [5.74, 6) is -0.110. The molecule has 2 nitrogen and oxygen atoms in total. The Bertz CT molecular complexity index is 305. The summed E-state index contributed by atoms with van der Waals surface area (Å²) in [5.41, 5.74) is 0.